The highest BCUT2D eigenvalue weighted by atomic mass is 14.1. The Balaban J connectivity index is 2.03. The van der Waals surface area contributed by atoms with Crippen molar-refractivity contribution in [3.05, 3.63) is 47.5 Å². The zero-order valence-corrected chi connectivity index (χ0v) is 19.0. The van der Waals surface area contributed by atoms with Crippen LogP contribution >= 0.6 is 0 Å². The van der Waals surface area contributed by atoms with Crippen LogP contribution in [0.4, 0.5) is 0 Å². The Labute approximate surface area is 170 Å². The zero-order chi connectivity index (χ0) is 19.9. The molecule has 1 aromatic rings. The first-order chi connectivity index (χ1) is 13.0. The van der Waals surface area contributed by atoms with Gasteiger partial charge in [-0.3, -0.25) is 0 Å². The first kappa shape index (κ1) is 24.0. The molecule has 1 rings (SSSR count). The molecule has 0 aliphatic carbocycles. The molecule has 0 radical (unpaired) electrons. The van der Waals surface area contributed by atoms with Gasteiger partial charge in [0.1, 0.15) is 0 Å². The highest BCUT2D eigenvalue weighted by Gasteiger charge is 2.06. The lowest BCUT2D eigenvalue weighted by molar-refractivity contribution is 0.389. The molecule has 27 heavy (non-hydrogen) atoms. The van der Waals surface area contributed by atoms with Crippen LogP contribution < -0.4 is 0 Å². The van der Waals surface area contributed by atoms with E-state index in [1.807, 2.05) is 0 Å². The fourth-order valence-electron chi connectivity index (χ4n) is 3.94. The van der Waals surface area contributed by atoms with Crippen molar-refractivity contribution in [1.82, 2.24) is 0 Å². The van der Waals surface area contributed by atoms with E-state index in [1.165, 1.54) is 76.2 Å². The standard InChI is InChI=1S/C27H46/c1-23(2)13-9-14-24(3)15-10-16-25(4)17-11-18-26(5)19-12-22-27-20-7-6-8-21-27/h6-8,19-21,23-25H,9-18,22H2,1-5H3/b26-19+/t24-,25-/m1/s1. The minimum absolute atomic E-state index is 0.869. The van der Waals surface area contributed by atoms with Crippen LogP contribution in [0.25, 0.3) is 0 Å². The quantitative estimate of drug-likeness (QED) is 0.270. The lowest BCUT2D eigenvalue weighted by atomic mass is 9.91. The van der Waals surface area contributed by atoms with Gasteiger partial charge in [0, 0.05) is 0 Å². The molecule has 0 unspecified atom stereocenters. The Hall–Kier alpha value is -1.04. The van der Waals surface area contributed by atoms with Crippen molar-refractivity contribution in [2.75, 3.05) is 0 Å². The average molecular weight is 371 g/mol. The van der Waals surface area contributed by atoms with Crippen molar-refractivity contribution in [2.24, 2.45) is 17.8 Å². The predicted molar refractivity (Wildman–Crippen MR) is 123 cm³/mol. The van der Waals surface area contributed by atoms with Gasteiger partial charge in [0.05, 0.1) is 0 Å². The van der Waals surface area contributed by atoms with E-state index < -0.39 is 0 Å². The Morgan fingerprint density at radius 1 is 0.778 bits per heavy atom. The van der Waals surface area contributed by atoms with Crippen LogP contribution in [0.3, 0.4) is 0 Å². The molecule has 0 heterocycles. The third-order valence-electron chi connectivity index (χ3n) is 5.91. The summed E-state index contributed by atoms with van der Waals surface area (Å²) in [5.74, 6) is 2.68. The Morgan fingerprint density at radius 2 is 1.33 bits per heavy atom. The highest BCUT2D eigenvalue weighted by Crippen LogP contribution is 2.22. The summed E-state index contributed by atoms with van der Waals surface area (Å²) >= 11 is 0. The molecule has 0 saturated carbocycles. The summed E-state index contributed by atoms with van der Waals surface area (Å²) in [6.45, 7) is 11.9. The highest BCUT2D eigenvalue weighted by molar-refractivity contribution is 5.15. The van der Waals surface area contributed by atoms with Gasteiger partial charge >= 0.3 is 0 Å². The number of hydrogen-bond acceptors (Lipinski definition) is 0. The van der Waals surface area contributed by atoms with Crippen LogP contribution in [0.2, 0.25) is 0 Å². The van der Waals surface area contributed by atoms with E-state index >= 15 is 0 Å². The van der Waals surface area contributed by atoms with Gasteiger partial charge < -0.3 is 0 Å². The molecule has 0 nitrogen and oxygen atoms in total. The van der Waals surface area contributed by atoms with Crippen LogP contribution in [0, 0.1) is 17.8 Å². The molecule has 0 heteroatoms. The van der Waals surface area contributed by atoms with Crippen LogP contribution in [-0.2, 0) is 6.42 Å². The molecule has 0 saturated heterocycles. The van der Waals surface area contributed by atoms with Crippen molar-refractivity contribution in [3.8, 4) is 0 Å². The van der Waals surface area contributed by atoms with Crippen LogP contribution in [0.1, 0.15) is 104 Å². The molecule has 154 valence electrons. The first-order valence-electron chi connectivity index (χ1n) is 11.7. The summed E-state index contributed by atoms with van der Waals surface area (Å²) in [5, 5.41) is 0. The molecular formula is C27H46. The molecule has 0 aliphatic heterocycles. The monoisotopic (exact) mass is 370 g/mol. The number of hydrogen-bond donors (Lipinski definition) is 0. The third-order valence-corrected chi connectivity index (χ3v) is 5.91. The SMILES string of the molecule is C/C(=C\CCc1ccccc1)CCC[C@H](C)CCC[C@H](C)CCCC(C)C. The summed E-state index contributed by atoms with van der Waals surface area (Å²) in [4.78, 5) is 0. The molecule has 1 aromatic carbocycles. The van der Waals surface area contributed by atoms with Crippen LogP contribution in [0.5, 0.6) is 0 Å². The maximum absolute atomic E-state index is 2.46. The van der Waals surface area contributed by atoms with Crippen molar-refractivity contribution in [1.29, 1.82) is 0 Å². The van der Waals surface area contributed by atoms with Crippen molar-refractivity contribution in [3.63, 3.8) is 0 Å². The molecule has 0 fully saturated rings. The van der Waals surface area contributed by atoms with Crippen molar-refractivity contribution in [2.45, 2.75) is 105 Å². The fourth-order valence-corrected chi connectivity index (χ4v) is 3.94. The van der Waals surface area contributed by atoms with Crippen LogP contribution in [-0.4, -0.2) is 0 Å². The molecule has 0 aliphatic rings. The normalized spacial score (nSPS) is 14.5. The Kier molecular flexibility index (Phi) is 13.3. The maximum atomic E-state index is 2.46. The molecule has 0 spiro atoms. The van der Waals surface area contributed by atoms with Gasteiger partial charge in [0.15, 0.2) is 0 Å². The zero-order valence-electron chi connectivity index (χ0n) is 19.0. The summed E-state index contributed by atoms with van der Waals surface area (Å²) in [7, 11) is 0. The van der Waals surface area contributed by atoms with Gasteiger partial charge in [-0.05, 0) is 55.9 Å². The van der Waals surface area contributed by atoms with E-state index in [4.69, 9.17) is 0 Å². The largest absolute Gasteiger partial charge is 0.0853 e. The molecule has 0 N–H and O–H groups in total. The van der Waals surface area contributed by atoms with Gasteiger partial charge in [-0.15, -0.1) is 0 Å². The number of benzene rings is 1. The lowest BCUT2D eigenvalue weighted by Gasteiger charge is -2.15. The van der Waals surface area contributed by atoms with Gasteiger partial charge in [0.25, 0.3) is 0 Å². The third kappa shape index (κ3) is 13.7. The second-order valence-corrected chi connectivity index (χ2v) is 9.43. The lowest BCUT2D eigenvalue weighted by Crippen LogP contribution is -2.00. The number of aryl methyl sites for hydroxylation is 1. The number of rotatable bonds is 15. The van der Waals surface area contributed by atoms with Crippen molar-refractivity contribution < 1.29 is 0 Å². The van der Waals surface area contributed by atoms with E-state index in [2.05, 4.69) is 71.0 Å². The predicted octanol–water partition coefficient (Wildman–Crippen LogP) is 9.00. The number of allylic oxidation sites excluding steroid dienone is 2. The van der Waals surface area contributed by atoms with E-state index in [0.717, 1.165) is 17.8 Å². The summed E-state index contributed by atoms with van der Waals surface area (Å²) in [6, 6.07) is 10.8. The smallest absolute Gasteiger partial charge is 0.0244 e. The van der Waals surface area contributed by atoms with E-state index in [9.17, 15) is 0 Å². The van der Waals surface area contributed by atoms with Gasteiger partial charge in [0.2, 0.25) is 0 Å². The first-order valence-corrected chi connectivity index (χ1v) is 11.7. The van der Waals surface area contributed by atoms with Gasteiger partial charge in [-0.1, -0.05) is 115 Å². The van der Waals surface area contributed by atoms with Gasteiger partial charge in [-0.2, -0.15) is 0 Å². The molecule has 0 amide bonds. The molecule has 0 bridgehead atoms. The minimum Gasteiger partial charge on any atom is -0.0853 e. The molecule has 2 atom stereocenters. The average Bonchev–Trinajstić information content (AvgIpc) is 2.62. The second-order valence-electron chi connectivity index (χ2n) is 9.43. The second kappa shape index (κ2) is 14.9. The van der Waals surface area contributed by atoms with E-state index in [-0.39, 0.29) is 0 Å². The molecular weight excluding hydrogens is 324 g/mol. The van der Waals surface area contributed by atoms with Gasteiger partial charge in [-0.25, -0.2) is 0 Å². The summed E-state index contributed by atoms with van der Waals surface area (Å²) < 4.78 is 0. The fraction of sp³-hybridized carbons (Fsp3) is 0.704. The van der Waals surface area contributed by atoms with E-state index in [0.29, 0.717) is 0 Å². The van der Waals surface area contributed by atoms with Crippen LogP contribution in [0.15, 0.2) is 42.0 Å². The maximum Gasteiger partial charge on any atom is -0.0244 e. The summed E-state index contributed by atoms with van der Waals surface area (Å²) in [6.07, 6.45) is 17.4. The Morgan fingerprint density at radius 3 is 1.93 bits per heavy atom. The molecule has 0 aromatic heterocycles. The summed E-state index contributed by atoms with van der Waals surface area (Å²) in [5.41, 5.74) is 3.03. The Bertz CT molecular complexity index is 482. The van der Waals surface area contributed by atoms with Crippen molar-refractivity contribution >= 4 is 0 Å². The van der Waals surface area contributed by atoms with E-state index in [1.54, 1.807) is 5.57 Å². The minimum atomic E-state index is 0.869. The topological polar surface area (TPSA) is 0 Å².